The van der Waals surface area contributed by atoms with Gasteiger partial charge in [-0.2, -0.15) is 0 Å². The number of benzene rings is 2. The molecule has 1 atom stereocenters. The SMILES string of the molecule is COc1ccccc1C(C)N(C)CC(=O)N1c2ccccc2NC(=O)C12CCCC2. The van der Waals surface area contributed by atoms with Crippen LogP contribution in [0.3, 0.4) is 0 Å². The van der Waals surface area contributed by atoms with Gasteiger partial charge in [-0.15, -0.1) is 0 Å². The van der Waals surface area contributed by atoms with E-state index in [1.807, 2.05) is 60.5 Å². The van der Waals surface area contributed by atoms with Crippen LogP contribution in [-0.2, 0) is 9.59 Å². The van der Waals surface area contributed by atoms with E-state index in [-0.39, 0.29) is 24.4 Å². The van der Waals surface area contributed by atoms with Crippen LogP contribution < -0.4 is 15.0 Å². The molecule has 2 aromatic rings. The van der Waals surface area contributed by atoms with Gasteiger partial charge in [0.2, 0.25) is 5.91 Å². The van der Waals surface area contributed by atoms with E-state index in [1.54, 1.807) is 12.0 Å². The molecule has 2 amide bonds. The minimum absolute atomic E-state index is 0.0153. The number of rotatable bonds is 5. The molecular weight excluding hydrogens is 378 g/mol. The van der Waals surface area contributed by atoms with Crippen molar-refractivity contribution in [3.8, 4) is 5.75 Å². The van der Waals surface area contributed by atoms with E-state index in [9.17, 15) is 9.59 Å². The van der Waals surface area contributed by atoms with Gasteiger partial charge in [-0.3, -0.25) is 19.4 Å². The van der Waals surface area contributed by atoms with Crippen LogP contribution in [0.15, 0.2) is 48.5 Å². The van der Waals surface area contributed by atoms with E-state index >= 15 is 0 Å². The van der Waals surface area contributed by atoms with E-state index in [2.05, 4.69) is 12.2 Å². The van der Waals surface area contributed by atoms with Crippen molar-refractivity contribution in [2.45, 2.75) is 44.2 Å². The molecular formula is C24H29N3O3. The van der Waals surface area contributed by atoms with E-state index in [0.717, 1.165) is 29.8 Å². The van der Waals surface area contributed by atoms with Crippen LogP contribution in [0.1, 0.15) is 44.2 Å². The van der Waals surface area contributed by atoms with Crippen LogP contribution in [0.2, 0.25) is 0 Å². The second kappa shape index (κ2) is 8.11. The van der Waals surface area contributed by atoms with Gasteiger partial charge >= 0.3 is 0 Å². The molecule has 2 aromatic carbocycles. The fourth-order valence-electron chi connectivity index (χ4n) is 4.80. The molecule has 158 valence electrons. The van der Waals surface area contributed by atoms with Crippen LogP contribution in [0.4, 0.5) is 11.4 Å². The van der Waals surface area contributed by atoms with Gasteiger partial charge in [-0.1, -0.05) is 43.2 Å². The molecule has 1 fully saturated rings. The third-order valence-corrected chi connectivity index (χ3v) is 6.56. The Morgan fingerprint density at radius 1 is 1.17 bits per heavy atom. The maximum Gasteiger partial charge on any atom is 0.250 e. The molecule has 6 nitrogen and oxygen atoms in total. The van der Waals surface area contributed by atoms with Crippen LogP contribution in [0.5, 0.6) is 5.75 Å². The van der Waals surface area contributed by atoms with Crippen molar-refractivity contribution in [2.75, 3.05) is 30.9 Å². The highest BCUT2D eigenvalue weighted by Crippen LogP contribution is 2.45. The van der Waals surface area contributed by atoms with Crippen molar-refractivity contribution in [2.24, 2.45) is 0 Å². The van der Waals surface area contributed by atoms with Crippen molar-refractivity contribution in [1.29, 1.82) is 0 Å². The fraction of sp³-hybridized carbons (Fsp3) is 0.417. The number of hydrogen-bond donors (Lipinski definition) is 1. The molecule has 0 saturated heterocycles. The molecule has 1 aliphatic carbocycles. The summed E-state index contributed by atoms with van der Waals surface area (Å²) in [5, 5.41) is 3.03. The molecule has 1 N–H and O–H groups in total. The van der Waals surface area contributed by atoms with Gasteiger partial charge in [0.25, 0.3) is 5.91 Å². The first kappa shape index (κ1) is 20.4. The van der Waals surface area contributed by atoms with Gasteiger partial charge in [-0.05, 0) is 45.0 Å². The molecule has 2 aliphatic rings. The zero-order valence-electron chi connectivity index (χ0n) is 17.9. The highest BCUT2D eigenvalue weighted by Gasteiger charge is 2.52. The summed E-state index contributed by atoms with van der Waals surface area (Å²) in [7, 11) is 3.59. The Labute approximate surface area is 177 Å². The molecule has 1 unspecified atom stereocenters. The van der Waals surface area contributed by atoms with Crippen LogP contribution >= 0.6 is 0 Å². The largest absolute Gasteiger partial charge is 0.496 e. The minimum Gasteiger partial charge on any atom is -0.496 e. The Kier molecular flexibility index (Phi) is 5.52. The summed E-state index contributed by atoms with van der Waals surface area (Å²) in [6, 6.07) is 15.4. The van der Waals surface area contributed by atoms with Crippen LogP contribution in [0.25, 0.3) is 0 Å². The third-order valence-electron chi connectivity index (χ3n) is 6.56. The number of methoxy groups -OCH3 is 1. The Morgan fingerprint density at radius 3 is 2.57 bits per heavy atom. The molecule has 0 bridgehead atoms. The lowest BCUT2D eigenvalue weighted by Gasteiger charge is -2.45. The average molecular weight is 408 g/mol. The smallest absolute Gasteiger partial charge is 0.250 e. The minimum atomic E-state index is -0.778. The first-order valence-corrected chi connectivity index (χ1v) is 10.5. The highest BCUT2D eigenvalue weighted by molar-refractivity contribution is 6.15. The number of carbonyl (C=O) groups is 2. The van der Waals surface area contributed by atoms with E-state index in [1.165, 1.54) is 0 Å². The maximum atomic E-state index is 13.6. The number of anilines is 2. The molecule has 4 rings (SSSR count). The number of para-hydroxylation sites is 3. The van der Waals surface area contributed by atoms with Gasteiger partial charge in [0.15, 0.2) is 0 Å². The summed E-state index contributed by atoms with van der Waals surface area (Å²) in [6.07, 6.45) is 3.30. The number of likely N-dealkylation sites (N-methyl/N-ethyl adjacent to an activating group) is 1. The summed E-state index contributed by atoms with van der Waals surface area (Å²) < 4.78 is 5.50. The predicted octanol–water partition coefficient (Wildman–Crippen LogP) is 3.99. The Hall–Kier alpha value is -2.86. The zero-order valence-corrected chi connectivity index (χ0v) is 17.9. The van der Waals surface area contributed by atoms with Gasteiger partial charge in [-0.25, -0.2) is 0 Å². The number of fused-ring (bicyclic) bond motifs is 1. The normalized spacial score (nSPS) is 18.3. The quantitative estimate of drug-likeness (QED) is 0.814. The van der Waals surface area contributed by atoms with Crippen molar-refractivity contribution in [3.05, 3.63) is 54.1 Å². The zero-order chi connectivity index (χ0) is 21.3. The monoisotopic (exact) mass is 407 g/mol. The lowest BCUT2D eigenvalue weighted by molar-refractivity contribution is -0.128. The van der Waals surface area contributed by atoms with Crippen molar-refractivity contribution in [1.82, 2.24) is 4.90 Å². The molecule has 1 heterocycles. The summed E-state index contributed by atoms with van der Waals surface area (Å²) >= 11 is 0. The van der Waals surface area contributed by atoms with Gasteiger partial charge in [0, 0.05) is 11.6 Å². The number of carbonyl (C=O) groups excluding carboxylic acids is 2. The number of nitrogens with zero attached hydrogens (tertiary/aromatic N) is 2. The lowest BCUT2D eigenvalue weighted by Crippen LogP contribution is -2.62. The summed E-state index contributed by atoms with van der Waals surface area (Å²) in [6.45, 7) is 2.27. The molecule has 1 aliphatic heterocycles. The maximum absolute atomic E-state index is 13.6. The molecule has 30 heavy (non-hydrogen) atoms. The van der Waals surface area contributed by atoms with Crippen LogP contribution in [-0.4, -0.2) is 43.0 Å². The molecule has 1 saturated carbocycles. The van der Waals surface area contributed by atoms with Crippen LogP contribution in [0, 0.1) is 0 Å². The number of hydrogen-bond acceptors (Lipinski definition) is 4. The first-order chi connectivity index (χ1) is 14.5. The Morgan fingerprint density at radius 2 is 1.83 bits per heavy atom. The first-order valence-electron chi connectivity index (χ1n) is 10.5. The van der Waals surface area contributed by atoms with Gasteiger partial charge < -0.3 is 10.1 Å². The molecule has 0 aromatic heterocycles. The van der Waals surface area contributed by atoms with Crippen molar-refractivity contribution >= 4 is 23.2 Å². The number of ether oxygens (including phenoxy) is 1. The number of amides is 2. The summed E-state index contributed by atoms with van der Waals surface area (Å²) in [5.74, 6) is 0.690. The van der Waals surface area contributed by atoms with Gasteiger partial charge in [0.1, 0.15) is 11.3 Å². The van der Waals surface area contributed by atoms with Gasteiger partial charge in [0.05, 0.1) is 25.0 Å². The van der Waals surface area contributed by atoms with E-state index in [4.69, 9.17) is 4.74 Å². The van der Waals surface area contributed by atoms with E-state index in [0.29, 0.717) is 18.5 Å². The lowest BCUT2D eigenvalue weighted by atomic mass is 9.89. The Balaban J connectivity index is 1.63. The highest BCUT2D eigenvalue weighted by atomic mass is 16.5. The second-order valence-corrected chi connectivity index (χ2v) is 8.27. The molecule has 0 radical (unpaired) electrons. The Bertz CT molecular complexity index is 952. The topological polar surface area (TPSA) is 61.9 Å². The fourth-order valence-corrected chi connectivity index (χ4v) is 4.80. The average Bonchev–Trinajstić information content (AvgIpc) is 3.24. The number of nitrogens with one attached hydrogen (secondary N) is 1. The van der Waals surface area contributed by atoms with E-state index < -0.39 is 5.54 Å². The molecule has 1 spiro atoms. The summed E-state index contributed by atoms with van der Waals surface area (Å²) in [4.78, 5) is 30.5. The van der Waals surface area contributed by atoms with Crippen molar-refractivity contribution < 1.29 is 14.3 Å². The van der Waals surface area contributed by atoms with Crippen molar-refractivity contribution in [3.63, 3.8) is 0 Å². The summed E-state index contributed by atoms with van der Waals surface area (Å²) in [5.41, 5.74) is 1.75. The standard InChI is InChI=1S/C24H29N3O3/c1-17(18-10-4-7-13-21(18)30-3)26(2)16-22(28)27-20-12-6-5-11-19(20)25-23(29)24(27)14-8-9-15-24/h4-7,10-13,17H,8-9,14-16H2,1-3H3,(H,25,29). The third kappa shape index (κ3) is 3.35. The second-order valence-electron chi connectivity index (χ2n) is 8.27. The molecule has 6 heteroatoms. The predicted molar refractivity (Wildman–Crippen MR) is 118 cm³/mol.